The Kier molecular flexibility index (Phi) is 10.9. The number of benzene rings is 1. The molecule has 0 saturated carbocycles. The van der Waals surface area contributed by atoms with E-state index in [4.69, 9.17) is 0 Å². The number of nitrogens with zero attached hydrogens (tertiary/aromatic N) is 4. The monoisotopic (exact) mass is 671 g/mol. The maximum Gasteiger partial charge on any atom is 0.276 e. The van der Waals surface area contributed by atoms with Crippen molar-refractivity contribution < 1.29 is 21.6 Å². The number of pyridine rings is 1. The molecule has 0 spiro atoms. The summed E-state index contributed by atoms with van der Waals surface area (Å²) in [6.07, 6.45) is 7.73. The van der Waals surface area contributed by atoms with Crippen LogP contribution in [0.5, 0.6) is 0 Å². The fraction of sp³-hybridized carbons (Fsp3) is 0.514. The molecule has 0 aliphatic carbocycles. The van der Waals surface area contributed by atoms with Crippen molar-refractivity contribution in [3.8, 4) is 0 Å². The van der Waals surface area contributed by atoms with Crippen molar-refractivity contribution in [2.24, 2.45) is 5.92 Å². The van der Waals surface area contributed by atoms with Crippen LogP contribution in [0.15, 0.2) is 60.7 Å². The number of unbranched alkanes of at least 4 members (excludes halogenated alkanes) is 1. The second kappa shape index (κ2) is 14.7. The molecule has 0 bridgehead atoms. The molecule has 2 aliphatic heterocycles. The number of aromatic nitrogens is 3. The molecule has 3 aromatic rings. The highest BCUT2D eigenvalue weighted by Gasteiger charge is 2.39. The van der Waals surface area contributed by atoms with E-state index >= 15 is 13.2 Å². The highest BCUT2D eigenvalue weighted by molar-refractivity contribution is 7.91. The number of hydrogen-bond acceptors (Lipinski definition) is 7. The summed E-state index contributed by atoms with van der Waals surface area (Å²) in [5.41, 5.74) is 0.105. The Labute approximate surface area is 274 Å². The molecule has 0 radical (unpaired) electrons. The van der Waals surface area contributed by atoms with Crippen LogP contribution < -0.4 is 10.9 Å². The lowest BCUT2D eigenvalue weighted by atomic mass is 9.87. The molecule has 254 valence electrons. The van der Waals surface area contributed by atoms with Crippen molar-refractivity contribution in [2.75, 3.05) is 36.5 Å². The average Bonchev–Trinajstić information content (AvgIpc) is 3.03. The third-order valence-electron chi connectivity index (χ3n) is 9.58. The molecular weight excluding hydrogens is 627 g/mol. The zero-order chi connectivity index (χ0) is 33.8. The smallest absolute Gasteiger partial charge is 0.276 e. The van der Waals surface area contributed by atoms with Crippen molar-refractivity contribution >= 4 is 26.7 Å². The molecule has 1 N–H and O–H groups in total. The van der Waals surface area contributed by atoms with Gasteiger partial charge in [0.05, 0.1) is 28.5 Å². The number of piperidine rings is 1. The van der Waals surface area contributed by atoms with Gasteiger partial charge in [0.2, 0.25) is 0 Å². The zero-order valence-electron chi connectivity index (χ0n) is 26.9. The summed E-state index contributed by atoms with van der Waals surface area (Å²) in [4.78, 5) is 24.7. The lowest BCUT2D eigenvalue weighted by Gasteiger charge is -2.33. The van der Waals surface area contributed by atoms with Crippen LogP contribution in [0, 0.1) is 11.7 Å². The van der Waals surface area contributed by atoms with Crippen LogP contribution in [-0.4, -0.2) is 59.0 Å². The Morgan fingerprint density at radius 2 is 1.83 bits per heavy atom. The van der Waals surface area contributed by atoms with Gasteiger partial charge in [0, 0.05) is 30.6 Å². The van der Waals surface area contributed by atoms with Crippen LogP contribution in [0.1, 0.15) is 80.5 Å². The minimum atomic E-state index is -3.34. The minimum absolute atomic E-state index is 0.00773. The molecule has 1 aromatic carbocycles. The number of fused-ring (bicyclic) bond motifs is 1. The number of nitrogens with one attached hydrogen (secondary N) is 1. The van der Waals surface area contributed by atoms with Crippen molar-refractivity contribution in [1.82, 2.24) is 19.4 Å². The van der Waals surface area contributed by atoms with E-state index in [2.05, 4.69) is 33.3 Å². The number of likely N-dealkylation sites (tertiary alicyclic amines) is 1. The van der Waals surface area contributed by atoms with Gasteiger partial charge in [0.1, 0.15) is 33.4 Å². The quantitative estimate of drug-likeness (QED) is 0.159. The van der Waals surface area contributed by atoms with Crippen molar-refractivity contribution in [3.63, 3.8) is 0 Å². The first-order valence-corrected chi connectivity index (χ1v) is 18.2. The summed E-state index contributed by atoms with van der Waals surface area (Å²) < 4.78 is 73.0. The first-order chi connectivity index (χ1) is 22.4. The summed E-state index contributed by atoms with van der Waals surface area (Å²) in [6, 6.07) is 5.06. The normalized spacial score (nSPS) is 18.6. The maximum atomic E-state index is 15.9. The van der Waals surface area contributed by atoms with Crippen LogP contribution in [0.3, 0.4) is 0 Å². The molecule has 2 aliphatic rings. The van der Waals surface area contributed by atoms with Gasteiger partial charge in [-0.3, -0.25) is 14.3 Å². The van der Waals surface area contributed by atoms with E-state index in [9.17, 15) is 13.2 Å². The predicted molar refractivity (Wildman–Crippen MR) is 180 cm³/mol. The number of aryl methyl sites for hydroxylation is 1. The number of anilines is 1. The van der Waals surface area contributed by atoms with Gasteiger partial charge >= 0.3 is 0 Å². The van der Waals surface area contributed by atoms with Crippen LogP contribution in [0.25, 0.3) is 11.0 Å². The van der Waals surface area contributed by atoms with Crippen molar-refractivity contribution in [3.05, 3.63) is 88.8 Å². The minimum Gasteiger partial charge on any atom is -0.363 e. The topological polar surface area (TPSA) is 97.2 Å². The molecule has 4 heterocycles. The first-order valence-electron chi connectivity index (χ1n) is 16.4. The third kappa shape index (κ3) is 7.97. The lowest BCUT2D eigenvalue weighted by molar-refractivity contribution is -0.0397. The Morgan fingerprint density at radius 1 is 1.11 bits per heavy atom. The molecule has 12 heteroatoms. The van der Waals surface area contributed by atoms with Crippen molar-refractivity contribution in [1.29, 1.82) is 0 Å². The molecule has 0 unspecified atom stereocenters. The Hall–Kier alpha value is -3.51. The lowest BCUT2D eigenvalue weighted by Crippen LogP contribution is -2.35. The van der Waals surface area contributed by atoms with E-state index in [0.717, 1.165) is 12.6 Å². The fourth-order valence-electron chi connectivity index (χ4n) is 6.89. The van der Waals surface area contributed by atoms with Gasteiger partial charge in [0.15, 0.2) is 0 Å². The number of rotatable bonds is 13. The molecule has 47 heavy (non-hydrogen) atoms. The fourth-order valence-corrected chi connectivity index (χ4v) is 8.38. The highest BCUT2D eigenvalue weighted by Crippen LogP contribution is 2.41. The highest BCUT2D eigenvalue weighted by atomic mass is 32.2. The second-order valence-corrected chi connectivity index (χ2v) is 15.2. The Bertz CT molecular complexity index is 1760. The number of halogens is 3. The molecule has 5 rings (SSSR count). The van der Waals surface area contributed by atoms with Gasteiger partial charge in [-0.1, -0.05) is 30.4 Å². The predicted octanol–water partition coefficient (Wildman–Crippen LogP) is 6.74. The zero-order valence-corrected chi connectivity index (χ0v) is 27.8. The summed E-state index contributed by atoms with van der Waals surface area (Å²) in [5, 5.41) is 3.72. The van der Waals surface area contributed by atoms with Crippen LogP contribution >= 0.6 is 0 Å². The molecule has 1 atom stereocenters. The van der Waals surface area contributed by atoms with E-state index in [1.54, 1.807) is 23.6 Å². The molecule has 0 amide bonds. The number of allylic oxidation sites excluding steroid dienone is 1. The Balaban J connectivity index is 1.44. The van der Waals surface area contributed by atoms with E-state index in [-0.39, 0.29) is 34.5 Å². The largest absolute Gasteiger partial charge is 0.363 e. The van der Waals surface area contributed by atoms with E-state index in [0.29, 0.717) is 80.6 Å². The third-order valence-corrected chi connectivity index (χ3v) is 11.3. The summed E-state index contributed by atoms with van der Waals surface area (Å²) in [6.45, 7) is 11.7. The van der Waals surface area contributed by atoms with Gasteiger partial charge in [-0.2, -0.15) is 0 Å². The van der Waals surface area contributed by atoms with Crippen LogP contribution in [0.4, 0.5) is 19.0 Å². The molecule has 2 saturated heterocycles. The van der Waals surface area contributed by atoms with Crippen LogP contribution in [-0.2, 0) is 22.3 Å². The van der Waals surface area contributed by atoms with Gasteiger partial charge in [-0.25, -0.2) is 31.6 Å². The van der Waals surface area contributed by atoms with E-state index in [1.807, 2.05) is 6.08 Å². The molecule has 2 fully saturated rings. The molecule has 2 aromatic heterocycles. The van der Waals surface area contributed by atoms with Crippen LogP contribution in [0.2, 0.25) is 0 Å². The Morgan fingerprint density at radius 3 is 2.51 bits per heavy atom. The number of hydrogen-bond donors (Lipinski definition) is 1. The number of alkyl halides is 2. The standard InChI is InChI=1S/C35H44F3N5O3S/c1-4-6-7-16-43-33-29(21-28(34(43)44)26-13-19-47(45,46)20-14-26)32(39-23-40-33)41-24(3)27-9-8-10-30(31(27)36)35(37,38)22-25-11-17-42(15-5-2)18-12-25/h4-5,8-10,21,23-26H,1-2,6-7,11-20,22H2,3H3,(H,39,40,41)/t24-/m1/s1. The van der Waals surface area contributed by atoms with Gasteiger partial charge in [-0.05, 0) is 76.4 Å². The van der Waals surface area contributed by atoms with Gasteiger partial charge in [0.25, 0.3) is 11.5 Å². The van der Waals surface area contributed by atoms with Crippen molar-refractivity contribution in [2.45, 2.75) is 76.3 Å². The maximum absolute atomic E-state index is 15.9. The molecule has 8 nitrogen and oxygen atoms in total. The summed E-state index contributed by atoms with van der Waals surface area (Å²) in [7, 11) is -3.14. The summed E-state index contributed by atoms with van der Waals surface area (Å²) >= 11 is 0. The van der Waals surface area contributed by atoms with Gasteiger partial charge in [-0.15, -0.1) is 13.2 Å². The SMILES string of the molecule is C=CCCCn1c(=O)c(C2CCS(=O)(=O)CC2)cc2c(N[C@H](C)c3cccc(C(F)(F)CC4CCN(CC=C)CC4)c3F)ncnc21. The van der Waals surface area contributed by atoms with E-state index < -0.39 is 39.6 Å². The van der Waals surface area contributed by atoms with Gasteiger partial charge < -0.3 is 5.32 Å². The average molecular weight is 672 g/mol. The molecular formula is C35H44F3N5O3S. The number of sulfone groups is 1. The summed E-state index contributed by atoms with van der Waals surface area (Å²) in [5.74, 6) is -4.41. The second-order valence-electron chi connectivity index (χ2n) is 12.9. The van der Waals surface area contributed by atoms with E-state index in [1.165, 1.54) is 18.5 Å². The first kappa shape index (κ1) is 34.8.